The minimum Gasteiger partial charge on any atom is -0.543 e. The van der Waals surface area contributed by atoms with Crippen LogP contribution in [0.3, 0.4) is 0 Å². The monoisotopic (exact) mass is 549 g/mol. The van der Waals surface area contributed by atoms with Crippen LogP contribution in [0.2, 0.25) is 0 Å². The number of thioether (sulfide) groups is 2. The Morgan fingerprint density at radius 2 is 2.20 bits per heavy atom. The molecular weight excluding hydrogens is 533 g/mol. The van der Waals surface area contributed by atoms with Crippen LogP contribution in [0.4, 0.5) is 5.13 Å². The molecule has 0 saturated carbocycles. The van der Waals surface area contributed by atoms with Crippen LogP contribution in [0.15, 0.2) is 27.0 Å². The van der Waals surface area contributed by atoms with Crippen LogP contribution in [0.5, 0.6) is 0 Å². The molecule has 2 aliphatic heterocycles. The van der Waals surface area contributed by atoms with Crippen molar-refractivity contribution in [3.63, 3.8) is 0 Å². The number of aliphatic hydroxyl groups excluding tert-OH is 1. The SMILES string of the molecule is Nc1nc(/C(=N/O)C(=O)NC2C(=O)N3C(C(=O)[O-])=C(CSc4nnnn4CCO)CS[C@H]23)cs1.[Na+]. The molecule has 2 aromatic rings. The molecule has 0 spiro atoms. The van der Waals surface area contributed by atoms with Crippen LogP contribution in [-0.4, -0.2) is 93.4 Å². The molecule has 5 N–H and O–H groups in total. The van der Waals surface area contributed by atoms with Gasteiger partial charge in [0.2, 0.25) is 5.16 Å². The number of thiazole rings is 1. The van der Waals surface area contributed by atoms with E-state index in [0.29, 0.717) is 10.7 Å². The second-order valence-corrected chi connectivity index (χ2v) is 9.75. The predicted octanol–water partition coefficient (Wildman–Crippen LogP) is -5.92. The first-order valence-electron chi connectivity index (χ1n) is 9.47. The van der Waals surface area contributed by atoms with Gasteiger partial charge in [0.1, 0.15) is 17.1 Å². The summed E-state index contributed by atoms with van der Waals surface area (Å²) in [5, 5.41) is 48.0. The van der Waals surface area contributed by atoms with E-state index in [1.165, 1.54) is 21.8 Å². The summed E-state index contributed by atoms with van der Waals surface area (Å²) < 4.78 is 1.37. The van der Waals surface area contributed by atoms with Gasteiger partial charge in [-0.2, -0.15) is 0 Å². The van der Waals surface area contributed by atoms with Crippen molar-refractivity contribution in [2.75, 3.05) is 23.8 Å². The van der Waals surface area contributed by atoms with Crippen LogP contribution in [0, 0.1) is 0 Å². The molecule has 15 nitrogen and oxygen atoms in total. The Kier molecular flexibility index (Phi) is 9.13. The summed E-state index contributed by atoms with van der Waals surface area (Å²) in [6.07, 6.45) is 0. The smallest absolute Gasteiger partial charge is 0.543 e. The van der Waals surface area contributed by atoms with Crippen LogP contribution < -0.4 is 45.7 Å². The van der Waals surface area contributed by atoms with E-state index < -0.39 is 34.9 Å². The normalized spacial score (nSPS) is 19.6. The third kappa shape index (κ3) is 5.47. The maximum absolute atomic E-state index is 12.8. The zero-order valence-electron chi connectivity index (χ0n) is 18.0. The van der Waals surface area contributed by atoms with Crippen LogP contribution in [0.1, 0.15) is 5.69 Å². The van der Waals surface area contributed by atoms with Crippen molar-refractivity contribution < 1.29 is 59.4 Å². The fourth-order valence-electron chi connectivity index (χ4n) is 3.29. The van der Waals surface area contributed by atoms with Crippen LogP contribution >= 0.6 is 34.9 Å². The summed E-state index contributed by atoms with van der Waals surface area (Å²) in [6.45, 7) is 0.00817. The van der Waals surface area contributed by atoms with Crippen molar-refractivity contribution in [1.29, 1.82) is 0 Å². The molecule has 1 saturated heterocycles. The Labute approximate surface area is 231 Å². The number of nitrogens with zero attached hydrogens (tertiary/aromatic N) is 7. The number of carbonyl (C=O) groups excluding carboxylic acids is 3. The van der Waals surface area contributed by atoms with Crippen molar-refractivity contribution >= 4 is 63.5 Å². The van der Waals surface area contributed by atoms with Gasteiger partial charge in [-0.05, 0) is 16.0 Å². The minimum absolute atomic E-state index is 0. The van der Waals surface area contributed by atoms with E-state index in [9.17, 15) is 24.7 Å². The molecule has 2 amide bonds. The molecule has 1 unspecified atom stereocenters. The van der Waals surface area contributed by atoms with Gasteiger partial charge in [-0.15, -0.1) is 28.2 Å². The summed E-state index contributed by atoms with van der Waals surface area (Å²) in [4.78, 5) is 42.2. The molecule has 0 radical (unpaired) electrons. The maximum atomic E-state index is 12.8. The van der Waals surface area contributed by atoms with Gasteiger partial charge in [-0.1, -0.05) is 16.9 Å². The van der Waals surface area contributed by atoms with Crippen molar-refractivity contribution in [3.05, 3.63) is 22.3 Å². The second kappa shape index (κ2) is 11.7. The molecular formula is C16H16N9NaO6S3. The molecule has 0 aromatic carbocycles. The zero-order chi connectivity index (χ0) is 24.4. The molecule has 1 fully saturated rings. The number of aliphatic carboxylic acids is 1. The molecule has 35 heavy (non-hydrogen) atoms. The van der Waals surface area contributed by atoms with Gasteiger partial charge in [-0.3, -0.25) is 14.5 Å². The summed E-state index contributed by atoms with van der Waals surface area (Å²) in [5.41, 5.74) is 5.32. The summed E-state index contributed by atoms with van der Waals surface area (Å²) in [7, 11) is 0. The maximum Gasteiger partial charge on any atom is 1.00 e. The number of carboxylic acids is 1. The number of tetrazole rings is 1. The summed E-state index contributed by atoms with van der Waals surface area (Å²) in [5.74, 6) is -2.61. The van der Waals surface area contributed by atoms with Crippen molar-refractivity contribution in [3.8, 4) is 0 Å². The number of amides is 2. The molecule has 0 bridgehead atoms. The van der Waals surface area contributed by atoms with Gasteiger partial charge in [0.05, 0.1) is 24.8 Å². The minimum atomic E-state index is -1.52. The first-order chi connectivity index (χ1) is 16.3. The van der Waals surface area contributed by atoms with Gasteiger partial charge < -0.3 is 31.3 Å². The quantitative estimate of drug-likeness (QED) is 0.0571. The van der Waals surface area contributed by atoms with E-state index >= 15 is 0 Å². The zero-order valence-corrected chi connectivity index (χ0v) is 22.5. The number of hydrogen-bond acceptors (Lipinski definition) is 15. The molecule has 19 heteroatoms. The number of aliphatic hydroxyl groups is 1. The molecule has 2 aromatic heterocycles. The number of nitrogens with two attached hydrogens (primary N) is 1. The van der Waals surface area contributed by atoms with E-state index in [2.05, 4.69) is 31.0 Å². The number of nitrogens with one attached hydrogen (secondary N) is 1. The molecule has 4 heterocycles. The number of aromatic nitrogens is 5. The third-order valence-corrected chi connectivity index (χ3v) is 7.85. The number of oxime groups is 1. The average Bonchev–Trinajstić information content (AvgIpc) is 3.44. The van der Waals surface area contributed by atoms with Gasteiger partial charge >= 0.3 is 29.6 Å². The molecule has 2 atom stereocenters. The van der Waals surface area contributed by atoms with Gasteiger partial charge in [-0.25, -0.2) is 9.67 Å². The van der Waals surface area contributed by atoms with Crippen LogP contribution in [0.25, 0.3) is 0 Å². The number of anilines is 1. The van der Waals surface area contributed by atoms with E-state index in [1.807, 2.05) is 0 Å². The number of carboxylic acid groups (broad SMARTS) is 1. The van der Waals surface area contributed by atoms with E-state index in [0.717, 1.165) is 28.0 Å². The standard InChI is InChI=1S/C16H17N9O6S3.Na/c17-15-18-7(5-33-15)8(21-31)11(27)19-9-12(28)25-10(14(29)30)6(3-32-13(9)25)4-34-16-20-22-23-24(16)1-2-26;/h5,9,13,26,31H,1-4H2,(H2,17,18)(H,19,27)(H,29,30);/q;+1/p-1/b21-8-;/t9?,13-;/m1./s1. The Bertz CT molecular complexity index is 1200. The first-order valence-corrected chi connectivity index (χ1v) is 12.4. The molecule has 2 aliphatic rings. The fourth-order valence-corrected chi connectivity index (χ4v) is 6.22. The number of β-lactam (4-membered cyclic amide) rings is 1. The number of rotatable bonds is 9. The van der Waals surface area contributed by atoms with E-state index in [1.54, 1.807) is 0 Å². The largest absolute Gasteiger partial charge is 1.00 e. The molecule has 0 aliphatic carbocycles. The van der Waals surface area contributed by atoms with Crippen molar-refractivity contribution in [2.24, 2.45) is 5.16 Å². The van der Waals surface area contributed by atoms with E-state index in [-0.39, 0.29) is 70.7 Å². The number of nitrogen functional groups attached to an aromatic ring is 1. The summed E-state index contributed by atoms with van der Waals surface area (Å²) >= 11 is 3.46. The number of hydrogen-bond donors (Lipinski definition) is 4. The van der Waals surface area contributed by atoms with Crippen LogP contribution in [-0.2, 0) is 20.9 Å². The van der Waals surface area contributed by atoms with Crippen molar-refractivity contribution in [2.45, 2.75) is 23.1 Å². The van der Waals surface area contributed by atoms with Gasteiger partial charge in [0.25, 0.3) is 11.8 Å². The fraction of sp³-hybridized carbons (Fsp3) is 0.375. The molecule has 4 rings (SSSR count). The second-order valence-electron chi connectivity index (χ2n) is 6.82. The number of carbonyl (C=O) groups is 3. The Morgan fingerprint density at radius 1 is 1.43 bits per heavy atom. The first kappa shape index (κ1) is 27.4. The summed E-state index contributed by atoms with van der Waals surface area (Å²) in [6, 6.07) is -1.04. The predicted molar refractivity (Wildman–Crippen MR) is 118 cm³/mol. The topological polar surface area (TPSA) is 225 Å². The van der Waals surface area contributed by atoms with Gasteiger partial charge in [0.15, 0.2) is 10.8 Å². The Hall–Kier alpha value is -2.22. The average molecular weight is 550 g/mol. The van der Waals surface area contributed by atoms with Crippen molar-refractivity contribution in [1.82, 2.24) is 35.4 Å². The Morgan fingerprint density at radius 3 is 2.83 bits per heavy atom. The molecule has 180 valence electrons. The third-order valence-electron chi connectivity index (χ3n) is 4.79. The Balaban J connectivity index is 0.00000342. The van der Waals surface area contributed by atoms with Gasteiger partial charge in [0, 0.05) is 16.9 Å². The van der Waals surface area contributed by atoms with E-state index in [4.69, 9.17) is 10.8 Å². The number of fused-ring (bicyclic) bond motifs is 1.